The van der Waals surface area contributed by atoms with E-state index >= 15 is 0 Å². The van der Waals surface area contributed by atoms with Gasteiger partial charge < -0.3 is 20.4 Å². The highest BCUT2D eigenvalue weighted by atomic mass is 32.2. The molecule has 0 spiro atoms. The van der Waals surface area contributed by atoms with Crippen LogP contribution in [0.25, 0.3) is 0 Å². The Bertz CT molecular complexity index is 183. The summed E-state index contributed by atoms with van der Waals surface area (Å²) in [6.45, 7) is 0. The molecule has 1 aliphatic carbocycles. The van der Waals surface area contributed by atoms with Crippen LogP contribution in [0.5, 0.6) is 0 Å². The smallest absolute Gasteiger partial charge is 0.109 e. The van der Waals surface area contributed by atoms with Crippen molar-refractivity contribution < 1.29 is 20.4 Å². The molecular formula is C7H12O4S2. The fourth-order valence-electron chi connectivity index (χ4n) is 1.76. The van der Waals surface area contributed by atoms with Gasteiger partial charge in [0.2, 0.25) is 0 Å². The van der Waals surface area contributed by atoms with E-state index in [4.69, 9.17) is 0 Å². The lowest BCUT2D eigenvalue weighted by atomic mass is 9.89. The van der Waals surface area contributed by atoms with Gasteiger partial charge in [0.1, 0.15) is 12.2 Å². The minimum absolute atomic E-state index is 0.154. The molecule has 4 nitrogen and oxygen atoms in total. The number of thioether (sulfide) groups is 2. The largest absolute Gasteiger partial charge is 0.389 e. The van der Waals surface area contributed by atoms with Gasteiger partial charge in [0, 0.05) is 15.6 Å². The molecule has 1 aliphatic heterocycles. The monoisotopic (exact) mass is 224 g/mol. The standard InChI is InChI=1S/C7H12O4S2/c8-2-3(9)5(11)7-6(4(2)10)12-1-13-7/h2-11H,1H2. The van der Waals surface area contributed by atoms with E-state index in [0.29, 0.717) is 0 Å². The molecular weight excluding hydrogens is 212 g/mol. The molecule has 1 saturated heterocycles. The van der Waals surface area contributed by atoms with Crippen molar-refractivity contribution in [2.24, 2.45) is 0 Å². The van der Waals surface area contributed by atoms with E-state index in [1.165, 1.54) is 23.5 Å². The summed E-state index contributed by atoms with van der Waals surface area (Å²) in [5.41, 5.74) is 0. The summed E-state index contributed by atoms with van der Waals surface area (Å²) >= 11 is 3.05. The first-order valence-corrected chi connectivity index (χ1v) is 6.18. The highest BCUT2D eigenvalue weighted by Gasteiger charge is 2.51. The van der Waals surface area contributed by atoms with Gasteiger partial charge in [0.15, 0.2) is 0 Å². The highest BCUT2D eigenvalue weighted by molar-refractivity contribution is 8.19. The maximum atomic E-state index is 9.58. The van der Waals surface area contributed by atoms with Crippen molar-refractivity contribution in [2.45, 2.75) is 34.9 Å². The summed E-state index contributed by atoms with van der Waals surface area (Å²) in [5, 5.41) is 38.4. The summed E-state index contributed by atoms with van der Waals surface area (Å²) in [5.74, 6) is 0. The molecule has 1 saturated carbocycles. The van der Waals surface area contributed by atoms with Gasteiger partial charge in [-0.1, -0.05) is 0 Å². The molecule has 76 valence electrons. The Kier molecular flexibility index (Phi) is 2.79. The fraction of sp³-hybridized carbons (Fsp3) is 1.00. The van der Waals surface area contributed by atoms with Crippen LogP contribution in [0.1, 0.15) is 0 Å². The second-order valence-electron chi connectivity index (χ2n) is 3.34. The molecule has 0 bridgehead atoms. The Morgan fingerprint density at radius 2 is 1.08 bits per heavy atom. The van der Waals surface area contributed by atoms with E-state index in [1.54, 1.807) is 0 Å². The van der Waals surface area contributed by atoms with Crippen molar-refractivity contribution in [1.29, 1.82) is 0 Å². The molecule has 0 amide bonds. The molecule has 1 heterocycles. The number of rotatable bonds is 0. The van der Waals surface area contributed by atoms with Crippen molar-refractivity contribution in [3.8, 4) is 0 Å². The average Bonchev–Trinajstić information content (AvgIpc) is 2.59. The third-order valence-corrected chi connectivity index (χ3v) is 5.74. The zero-order valence-corrected chi connectivity index (χ0v) is 8.41. The molecule has 0 aromatic carbocycles. The van der Waals surface area contributed by atoms with Crippen molar-refractivity contribution >= 4 is 23.5 Å². The molecule has 13 heavy (non-hydrogen) atoms. The molecule has 0 aromatic rings. The van der Waals surface area contributed by atoms with E-state index in [0.717, 1.165) is 5.08 Å². The third kappa shape index (κ3) is 1.49. The molecule has 6 heteroatoms. The van der Waals surface area contributed by atoms with Crippen LogP contribution in [0.2, 0.25) is 0 Å². The third-order valence-electron chi connectivity index (χ3n) is 2.57. The van der Waals surface area contributed by atoms with E-state index < -0.39 is 24.4 Å². The van der Waals surface area contributed by atoms with Crippen LogP contribution in [0.3, 0.4) is 0 Å². The van der Waals surface area contributed by atoms with Crippen molar-refractivity contribution in [3.05, 3.63) is 0 Å². The van der Waals surface area contributed by atoms with Crippen LogP contribution in [0, 0.1) is 0 Å². The molecule has 6 atom stereocenters. The predicted octanol–water partition coefficient (Wildman–Crippen LogP) is -1.38. The molecule has 2 rings (SSSR count). The number of hydrogen-bond donors (Lipinski definition) is 4. The second kappa shape index (κ2) is 3.60. The maximum Gasteiger partial charge on any atom is 0.109 e. The summed E-state index contributed by atoms with van der Waals surface area (Å²) in [6, 6.07) is 0. The van der Waals surface area contributed by atoms with E-state index in [2.05, 4.69) is 0 Å². The SMILES string of the molecule is OC1C(O)C(O)C2SCSC2C1O. The Hall–Kier alpha value is 0.540. The Morgan fingerprint density at radius 1 is 0.692 bits per heavy atom. The van der Waals surface area contributed by atoms with Crippen molar-refractivity contribution in [2.75, 3.05) is 5.08 Å². The maximum absolute atomic E-state index is 9.58. The van der Waals surface area contributed by atoms with Gasteiger partial charge in [-0.25, -0.2) is 0 Å². The van der Waals surface area contributed by atoms with E-state index in [1.807, 2.05) is 0 Å². The van der Waals surface area contributed by atoms with Crippen LogP contribution in [0.4, 0.5) is 0 Å². The Morgan fingerprint density at radius 3 is 1.46 bits per heavy atom. The first-order chi connectivity index (χ1) is 6.13. The van der Waals surface area contributed by atoms with Gasteiger partial charge in [-0.05, 0) is 0 Å². The number of aliphatic hydroxyl groups is 4. The van der Waals surface area contributed by atoms with Crippen LogP contribution in [-0.2, 0) is 0 Å². The highest BCUT2D eigenvalue weighted by Crippen LogP contribution is 2.44. The lowest BCUT2D eigenvalue weighted by Gasteiger charge is -2.39. The van der Waals surface area contributed by atoms with Gasteiger partial charge in [-0.15, -0.1) is 23.5 Å². The topological polar surface area (TPSA) is 80.9 Å². The van der Waals surface area contributed by atoms with Gasteiger partial charge in [0.25, 0.3) is 0 Å². The first kappa shape index (κ1) is 10.1. The number of fused-ring (bicyclic) bond motifs is 1. The lowest BCUT2D eigenvalue weighted by Crippen LogP contribution is -2.60. The summed E-state index contributed by atoms with van der Waals surface area (Å²) in [7, 11) is 0. The van der Waals surface area contributed by atoms with E-state index in [9.17, 15) is 20.4 Å². The molecule has 6 unspecified atom stereocenters. The molecule has 2 fully saturated rings. The molecule has 0 aromatic heterocycles. The quantitative estimate of drug-likeness (QED) is 0.406. The normalized spacial score (nSPS) is 56.3. The van der Waals surface area contributed by atoms with Gasteiger partial charge in [-0.3, -0.25) is 0 Å². The van der Waals surface area contributed by atoms with Crippen LogP contribution >= 0.6 is 23.5 Å². The van der Waals surface area contributed by atoms with Gasteiger partial charge in [0.05, 0.1) is 12.2 Å². The lowest BCUT2D eigenvalue weighted by molar-refractivity contribution is -0.128. The zero-order valence-electron chi connectivity index (χ0n) is 6.78. The van der Waals surface area contributed by atoms with Crippen LogP contribution in [-0.4, -0.2) is 60.4 Å². The van der Waals surface area contributed by atoms with Gasteiger partial charge in [-0.2, -0.15) is 0 Å². The van der Waals surface area contributed by atoms with Crippen LogP contribution in [0.15, 0.2) is 0 Å². The zero-order chi connectivity index (χ0) is 9.59. The van der Waals surface area contributed by atoms with Crippen molar-refractivity contribution in [1.82, 2.24) is 0 Å². The summed E-state index contributed by atoms with van der Waals surface area (Å²) in [6.07, 6.45) is -4.29. The predicted molar refractivity (Wildman–Crippen MR) is 51.7 cm³/mol. The second-order valence-corrected chi connectivity index (χ2v) is 6.04. The molecule has 0 radical (unpaired) electrons. The minimum Gasteiger partial charge on any atom is -0.389 e. The molecule has 2 aliphatic rings. The first-order valence-electron chi connectivity index (χ1n) is 4.08. The van der Waals surface area contributed by atoms with Gasteiger partial charge >= 0.3 is 0 Å². The fourth-order valence-corrected chi connectivity index (χ4v) is 5.23. The van der Waals surface area contributed by atoms with Crippen LogP contribution < -0.4 is 0 Å². The Balaban J connectivity index is 2.19. The van der Waals surface area contributed by atoms with Crippen molar-refractivity contribution in [3.63, 3.8) is 0 Å². The average molecular weight is 224 g/mol. The summed E-state index contributed by atoms with van der Waals surface area (Å²) < 4.78 is 0. The summed E-state index contributed by atoms with van der Waals surface area (Å²) in [4.78, 5) is 0. The number of aliphatic hydroxyl groups excluding tert-OH is 4. The number of hydrogen-bond acceptors (Lipinski definition) is 6. The molecule has 4 N–H and O–H groups in total. The minimum atomic E-state index is -1.22. The Labute approximate surface area is 84.3 Å². The van der Waals surface area contributed by atoms with E-state index in [-0.39, 0.29) is 10.5 Å².